The number of esters is 1. The summed E-state index contributed by atoms with van der Waals surface area (Å²) in [7, 11) is 0. The summed E-state index contributed by atoms with van der Waals surface area (Å²) in [6.45, 7) is 1.56. The fraction of sp³-hybridized carbons (Fsp3) is 0.923. The van der Waals surface area contributed by atoms with Crippen LogP contribution in [-0.4, -0.2) is 12.1 Å². The van der Waals surface area contributed by atoms with E-state index in [1.807, 2.05) is 0 Å². The Labute approximate surface area is 91.4 Å². The van der Waals surface area contributed by atoms with Crippen molar-refractivity contribution in [2.75, 3.05) is 0 Å². The van der Waals surface area contributed by atoms with Crippen LogP contribution in [0.3, 0.4) is 0 Å². The maximum absolute atomic E-state index is 11.1. The minimum Gasteiger partial charge on any atom is -0.462 e. The standard InChI is InChI=1S/C13H20O2/c1-9(14)15-12-8-10-5-7-13(12)6-3-2-4-11(10)13/h10-12H,2-8H2,1H3/t10-,11+,12+,13-/m0/s1. The number of hydrogen-bond donors (Lipinski definition) is 0. The Hall–Kier alpha value is -0.530. The third-order valence-corrected chi connectivity index (χ3v) is 5.16. The van der Waals surface area contributed by atoms with Crippen LogP contribution >= 0.6 is 0 Å². The molecule has 3 fully saturated rings. The van der Waals surface area contributed by atoms with Gasteiger partial charge in [-0.15, -0.1) is 0 Å². The molecule has 0 N–H and O–H groups in total. The van der Waals surface area contributed by atoms with Gasteiger partial charge in [0.2, 0.25) is 0 Å². The molecule has 0 aromatic rings. The quantitative estimate of drug-likeness (QED) is 0.619. The maximum atomic E-state index is 11.1. The Bertz CT molecular complexity index is 286. The van der Waals surface area contributed by atoms with Crippen LogP contribution in [-0.2, 0) is 9.53 Å². The van der Waals surface area contributed by atoms with Crippen LogP contribution in [0, 0.1) is 17.3 Å². The van der Waals surface area contributed by atoms with Crippen LogP contribution in [0.15, 0.2) is 0 Å². The van der Waals surface area contributed by atoms with Gasteiger partial charge in [-0.25, -0.2) is 0 Å². The molecule has 15 heavy (non-hydrogen) atoms. The van der Waals surface area contributed by atoms with Crippen molar-refractivity contribution in [3.63, 3.8) is 0 Å². The first kappa shape index (κ1) is 9.68. The van der Waals surface area contributed by atoms with Crippen molar-refractivity contribution in [1.29, 1.82) is 0 Å². The highest BCUT2D eigenvalue weighted by atomic mass is 16.5. The Kier molecular flexibility index (Phi) is 2.08. The van der Waals surface area contributed by atoms with Crippen LogP contribution < -0.4 is 0 Å². The molecule has 4 atom stereocenters. The average Bonchev–Trinajstić information content (AvgIpc) is 2.70. The molecule has 3 aliphatic rings. The molecule has 2 nitrogen and oxygen atoms in total. The first-order chi connectivity index (χ1) is 7.22. The molecule has 0 amide bonds. The van der Waals surface area contributed by atoms with Gasteiger partial charge in [0, 0.05) is 12.3 Å². The molecule has 0 radical (unpaired) electrons. The maximum Gasteiger partial charge on any atom is 0.302 e. The van der Waals surface area contributed by atoms with Gasteiger partial charge in [-0.05, 0) is 43.9 Å². The van der Waals surface area contributed by atoms with Gasteiger partial charge in [-0.2, -0.15) is 0 Å². The second-order valence-corrected chi connectivity index (χ2v) is 5.72. The van der Waals surface area contributed by atoms with E-state index >= 15 is 0 Å². The van der Waals surface area contributed by atoms with E-state index in [1.54, 1.807) is 6.92 Å². The zero-order chi connectivity index (χ0) is 10.5. The van der Waals surface area contributed by atoms with E-state index < -0.39 is 0 Å². The van der Waals surface area contributed by atoms with E-state index in [-0.39, 0.29) is 12.1 Å². The number of hydrogen-bond acceptors (Lipinski definition) is 2. The Balaban J connectivity index is 1.85. The Morgan fingerprint density at radius 2 is 2.13 bits per heavy atom. The van der Waals surface area contributed by atoms with Crippen LogP contribution in [0.4, 0.5) is 0 Å². The highest BCUT2D eigenvalue weighted by Gasteiger charge is 2.60. The van der Waals surface area contributed by atoms with Crippen LogP contribution in [0.1, 0.15) is 51.9 Å². The monoisotopic (exact) mass is 208 g/mol. The summed E-state index contributed by atoms with van der Waals surface area (Å²) in [6.07, 6.45) is 9.58. The zero-order valence-corrected chi connectivity index (χ0v) is 9.50. The van der Waals surface area contributed by atoms with Gasteiger partial charge in [-0.1, -0.05) is 12.8 Å². The van der Waals surface area contributed by atoms with Crippen molar-refractivity contribution < 1.29 is 9.53 Å². The summed E-state index contributed by atoms with van der Waals surface area (Å²) in [5, 5.41) is 0. The Morgan fingerprint density at radius 1 is 1.27 bits per heavy atom. The smallest absolute Gasteiger partial charge is 0.302 e. The third-order valence-electron chi connectivity index (χ3n) is 5.16. The van der Waals surface area contributed by atoms with Gasteiger partial charge in [0.25, 0.3) is 0 Å². The highest BCUT2D eigenvalue weighted by Crippen LogP contribution is 2.64. The molecule has 0 aromatic carbocycles. The molecule has 3 saturated carbocycles. The van der Waals surface area contributed by atoms with E-state index in [1.165, 1.54) is 38.5 Å². The topological polar surface area (TPSA) is 26.3 Å². The lowest BCUT2D eigenvalue weighted by Crippen LogP contribution is -2.38. The van der Waals surface area contributed by atoms with Crippen molar-refractivity contribution >= 4 is 5.97 Å². The van der Waals surface area contributed by atoms with Gasteiger partial charge in [0.1, 0.15) is 6.10 Å². The van der Waals surface area contributed by atoms with Crippen LogP contribution in [0.2, 0.25) is 0 Å². The number of rotatable bonds is 1. The average molecular weight is 208 g/mol. The zero-order valence-electron chi connectivity index (χ0n) is 9.50. The first-order valence-corrected chi connectivity index (χ1v) is 6.39. The normalized spacial score (nSPS) is 47.7. The van der Waals surface area contributed by atoms with Gasteiger partial charge >= 0.3 is 5.97 Å². The molecule has 0 unspecified atom stereocenters. The Morgan fingerprint density at radius 3 is 2.93 bits per heavy atom. The first-order valence-electron chi connectivity index (χ1n) is 6.39. The van der Waals surface area contributed by atoms with Crippen molar-refractivity contribution in [2.45, 2.75) is 58.0 Å². The third kappa shape index (κ3) is 1.26. The lowest BCUT2D eigenvalue weighted by atomic mass is 9.68. The lowest BCUT2D eigenvalue weighted by Gasteiger charge is -2.40. The molecule has 0 aliphatic heterocycles. The van der Waals surface area contributed by atoms with E-state index in [9.17, 15) is 4.79 Å². The fourth-order valence-corrected chi connectivity index (χ4v) is 4.68. The van der Waals surface area contributed by atoms with Crippen LogP contribution in [0.25, 0.3) is 0 Å². The SMILES string of the molecule is CC(=O)O[C@@H]1C[C@@H]2CC[C@]13CCCC[C@H]23. The molecule has 0 heterocycles. The molecule has 2 heteroatoms. The fourth-order valence-electron chi connectivity index (χ4n) is 4.68. The summed E-state index contributed by atoms with van der Waals surface area (Å²) < 4.78 is 5.57. The molecule has 0 spiro atoms. The molecule has 84 valence electrons. The molecular weight excluding hydrogens is 188 g/mol. The van der Waals surface area contributed by atoms with Crippen molar-refractivity contribution in [2.24, 2.45) is 17.3 Å². The summed E-state index contributed by atoms with van der Waals surface area (Å²) in [4.78, 5) is 11.1. The highest BCUT2D eigenvalue weighted by molar-refractivity contribution is 5.66. The molecule has 3 aliphatic carbocycles. The van der Waals surface area contributed by atoms with Gasteiger partial charge < -0.3 is 4.74 Å². The summed E-state index contributed by atoms with van der Waals surface area (Å²) in [5.74, 6) is 1.68. The van der Waals surface area contributed by atoms with Crippen LogP contribution in [0.5, 0.6) is 0 Å². The van der Waals surface area contributed by atoms with Gasteiger partial charge in [0.05, 0.1) is 0 Å². The van der Waals surface area contributed by atoms with Gasteiger partial charge in [-0.3, -0.25) is 4.79 Å². The van der Waals surface area contributed by atoms with E-state index in [0.717, 1.165) is 18.3 Å². The lowest BCUT2D eigenvalue weighted by molar-refractivity contribution is -0.154. The van der Waals surface area contributed by atoms with E-state index in [2.05, 4.69) is 0 Å². The molecule has 2 bridgehead atoms. The molecule has 3 rings (SSSR count). The molecule has 0 aromatic heterocycles. The van der Waals surface area contributed by atoms with E-state index in [0.29, 0.717) is 5.41 Å². The van der Waals surface area contributed by atoms with E-state index in [4.69, 9.17) is 4.74 Å². The molecular formula is C13H20O2. The summed E-state index contributed by atoms with van der Waals surface area (Å²) in [6, 6.07) is 0. The van der Waals surface area contributed by atoms with Crippen molar-refractivity contribution in [3.8, 4) is 0 Å². The van der Waals surface area contributed by atoms with Crippen molar-refractivity contribution in [1.82, 2.24) is 0 Å². The largest absolute Gasteiger partial charge is 0.462 e. The summed E-state index contributed by atoms with van der Waals surface area (Å²) >= 11 is 0. The van der Waals surface area contributed by atoms with Gasteiger partial charge in [0.15, 0.2) is 0 Å². The predicted octanol–water partition coefficient (Wildman–Crippen LogP) is 2.91. The second-order valence-electron chi connectivity index (χ2n) is 5.72. The minimum atomic E-state index is -0.0775. The second kappa shape index (κ2) is 3.23. The predicted molar refractivity (Wildman–Crippen MR) is 57.3 cm³/mol. The number of carbonyl (C=O) groups is 1. The summed E-state index contributed by atoms with van der Waals surface area (Å²) in [5.41, 5.74) is 0.411. The number of ether oxygens (including phenoxy) is 1. The minimum absolute atomic E-state index is 0.0775. The van der Waals surface area contributed by atoms with Crippen molar-refractivity contribution in [3.05, 3.63) is 0 Å². The number of carbonyl (C=O) groups excluding carboxylic acids is 1. The molecule has 0 saturated heterocycles.